The molecule has 1 fully saturated rings. The smallest absolute Gasteiger partial charge is 0.334 e. The Kier molecular flexibility index (Phi) is 7.15. The Morgan fingerprint density at radius 1 is 0.854 bits per heavy atom. The Morgan fingerprint density at radius 2 is 1.51 bits per heavy atom. The summed E-state index contributed by atoms with van der Waals surface area (Å²) in [5, 5.41) is 0. The fourth-order valence-electron chi connectivity index (χ4n) is 6.02. The summed E-state index contributed by atoms with van der Waals surface area (Å²) in [5.74, 6) is -0.715. The molecule has 2 aliphatic carbocycles. The fourth-order valence-corrected chi connectivity index (χ4v) is 6.02. The lowest BCUT2D eigenvalue weighted by Gasteiger charge is -2.28. The minimum atomic E-state index is -0.634. The number of allylic oxidation sites excluding steroid dienone is 9. The number of hydrogen-bond acceptors (Lipinski definition) is 4. The number of benzene rings is 3. The van der Waals surface area contributed by atoms with Gasteiger partial charge in [0.05, 0.1) is 12.5 Å². The number of rotatable bonds is 6. The van der Waals surface area contributed by atoms with Crippen LogP contribution < -0.4 is 0 Å². The molecule has 4 nitrogen and oxygen atoms in total. The van der Waals surface area contributed by atoms with Gasteiger partial charge in [0.15, 0.2) is 5.76 Å². The molecule has 4 heteroatoms. The Balaban J connectivity index is 1.41. The van der Waals surface area contributed by atoms with E-state index in [1.165, 1.54) is 11.1 Å². The highest BCUT2D eigenvalue weighted by Crippen LogP contribution is 2.49. The minimum Gasteiger partial charge on any atom is -0.463 e. The molecule has 0 aromatic heterocycles. The van der Waals surface area contributed by atoms with E-state index in [1.807, 2.05) is 67.6 Å². The second-order valence-electron chi connectivity index (χ2n) is 10.7. The Labute approximate surface area is 241 Å². The predicted molar refractivity (Wildman–Crippen MR) is 161 cm³/mol. The molecule has 1 saturated heterocycles. The summed E-state index contributed by atoms with van der Waals surface area (Å²) >= 11 is 0. The third-order valence-electron chi connectivity index (χ3n) is 7.99. The lowest BCUT2D eigenvalue weighted by Crippen LogP contribution is -2.28. The van der Waals surface area contributed by atoms with Crippen molar-refractivity contribution in [1.29, 1.82) is 0 Å². The maximum atomic E-state index is 14.1. The van der Waals surface area contributed by atoms with Crippen molar-refractivity contribution < 1.29 is 19.1 Å². The second-order valence-corrected chi connectivity index (χ2v) is 10.7. The van der Waals surface area contributed by atoms with E-state index in [4.69, 9.17) is 9.47 Å². The van der Waals surface area contributed by atoms with E-state index in [0.717, 1.165) is 27.8 Å². The van der Waals surface area contributed by atoms with Crippen molar-refractivity contribution in [2.75, 3.05) is 6.61 Å². The van der Waals surface area contributed by atoms with Crippen LogP contribution in [-0.4, -0.2) is 18.4 Å². The number of fused-ring (bicyclic) bond motifs is 1. The van der Waals surface area contributed by atoms with Crippen molar-refractivity contribution in [2.24, 2.45) is 5.92 Å². The van der Waals surface area contributed by atoms with Crippen molar-refractivity contribution in [3.8, 4) is 0 Å². The van der Waals surface area contributed by atoms with Crippen molar-refractivity contribution in [1.82, 2.24) is 0 Å². The largest absolute Gasteiger partial charge is 0.463 e. The number of carbonyl (C=O) groups is 2. The maximum Gasteiger partial charge on any atom is 0.334 e. The van der Waals surface area contributed by atoms with Crippen molar-refractivity contribution >= 4 is 17.3 Å². The average Bonchev–Trinajstić information content (AvgIpc) is 3.54. The number of carbonyl (C=O) groups excluding carboxylic acids is 2. The van der Waals surface area contributed by atoms with E-state index < -0.39 is 17.8 Å². The van der Waals surface area contributed by atoms with Crippen LogP contribution in [0.25, 0.3) is 5.57 Å². The standard InChI is InChI=1S/C37H32O4/c1-4-40-37(39)33-24(3)19-31-35(34(33)27-13-9-6-10-14-27)36(38)32(41-31)22-29-20-28(25-11-7-5-8-12-25)21-30(29)26-17-15-23(2)16-18-26/h5-22,28,34-35H,4H2,1-3H3/b32-22-. The molecule has 1 heterocycles. The maximum absolute atomic E-state index is 14.1. The number of aryl methyl sites for hydroxylation is 1. The molecular weight excluding hydrogens is 508 g/mol. The van der Waals surface area contributed by atoms with Crippen LogP contribution >= 0.6 is 0 Å². The first kappa shape index (κ1) is 26.5. The lowest BCUT2D eigenvalue weighted by atomic mass is 9.73. The highest BCUT2D eigenvalue weighted by Gasteiger charge is 2.48. The van der Waals surface area contributed by atoms with Crippen molar-refractivity contribution in [3.05, 3.63) is 160 Å². The molecule has 0 saturated carbocycles. The minimum absolute atomic E-state index is 0.0775. The van der Waals surface area contributed by atoms with Gasteiger partial charge in [0.25, 0.3) is 0 Å². The topological polar surface area (TPSA) is 52.6 Å². The summed E-state index contributed by atoms with van der Waals surface area (Å²) in [6.45, 7) is 6.00. The van der Waals surface area contributed by atoms with Gasteiger partial charge in [0.1, 0.15) is 5.76 Å². The van der Waals surface area contributed by atoms with Gasteiger partial charge in [-0.1, -0.05) is 103 Å². The summed E-state index contributed by atoms with van der Waals surface area (Å²) in [6.07, 6.45) is 8.13. The number of esters is 1. The predicted octanol–water partition coefficient (Wildman–Crippen LogP) is 7.76. The van der Waals surface area contributed by atoms with Gasteiger partial charge >= 0.3 is 5.97 Å². The molecular formula is C37H32O4. The monoisotopic (exact) mass is 540 g/mol. The van der Waals surface area contributed by atoms with Gasteiger partial charge in [0.2, 0.25) is 5.78 Å². The highest BCUT2D eigenvalue weighted by atomic mass is 16.5. The molecule has 0 amide bonds. The van der Waals surface area contributed by atoms with Crippen LogP contribution in [0.2, 0.25) is 0 Å². The zero-order valence-corrected chi connectivity index (χ0v) is 23.5. The van der Waals surface area contributed by atoms with Crippen molar-refractivity contribution in [3.63, 3.8) is 0 Å². The van der Waals surface area contributed by atoms with Crippen LogP contribution in [-0.2, 0) is 19.1 Å². The third-order valence-corrected chi connectivity index (χ3v) is 7.99. The van der Waals surface area contributed by atoms with Gasteiger partial charge in [-0.2, -0.15) is 0 Å². The molecule has 3 aromatic carbocycles. The molecule has 6 rings (SSSR count). The number of ether oxygens (including phenoxy) is 2. The molecule has 204 valence electrons. The van der Waals surface area contributed by atoms with Crippen molar-refractivity contribution in [2.45, 2.75) is 32.6 Å². The summed E-state index contributed by atoms with van der Waals surface area (Å²) in [5.41, 5.74) is 7.61. The summed E-state index contributed by atoms with van der Waals surface area (Å²) in [6, 6.07) is 28.5. The van der Waals surface area contributed by atoms with Crippen LogP contribution in [0.15, 0.2) is 137 Å². The van der Waals surface area contributed by atoms with Gasteiger partial charge in [-0.25, -0.2) is 4.79 Å². The first-order valence-electron chi connectivity index (χ1n) is 14.1. The van der Waals surface area contributed by atoms with E-state index >= 15 is 0 Å². The van der Waals surface area contributed by atoms with Crippen LogP contribution in [0, 0.1) is 12.8 Å². The molecule has 0 spiro atoms. The number of Topliss-reactive ketones (excluding diaryl/α,β-unsaturated/α-hetero) is 1. The Morgan fingerprint density at radius 3 is 2.17 bits per heavy atom. The van der Waals surface area contributed by atoms with E-state index in [9.17, 15) is 9.59 Å². The first-order valence-corrected chi connectivity index (χ1v) is 14.1. The zero-order chi connectivity index (χ0) is 28.5. The van der Waals surface area contributed by atoms with E-state index in [0.29, 0.717) is 11.3 Å². The molecule has 1 aliphatic heterocycles. The van der Waals surface area contributed by atoms with E-state index in [2.05, 4.69) is 55.5 Å². The molecule has 0 radical (unpaired) electrons. The third kappa shape index (κ3) is 5.02. The Bertz CT molecular complexity index is 1650. The van der Waals surface area contributed by atoms with Gasteiger partial charge < -0.3 is 9.47 Å². The summed E-state index contributed by atoms with van der Waals surface area (Å²) < 4.78 is 11.7. The van der Waals surface area contributed by atoms with E-state index in [-0.39, 0.29) is 24.1 Å². The zero-order valence-electron chi connectivity index (χ0n) is 23.5. The van der Waals surface area contributed by atoms with Crippen LogP contribution in [0.4, 0.5) is 0 Å². The number of hydrogen-bond donors (Lipinski definition) is 0. The van der Waals surface area contributed by atoms with Gasteiger partial charge in [-0.15, -0.1) is 0 Å². The first-order chi connectivity index (χ1) is 19.9. The molecule has 3 aliphatic rings. The molecule has 41 heavy (non-hydrogen) atoms. The highest BCUT2D eigenvalue weighted by molar-refractivity contribution is 6.05. The van der Waals surface area contributed by atoms with E-state index in [1.54, 1.807) is 6.92 Å². The molecule has 3 unspecified atom stereocenters. The molecule has 3 aromatic rings. The number of ketones is 1. The SMILES string of the molecule is CCOC(=O)C1=C(C)C=C2O/C(=C\C3=CC(c4ccccc4)C=C3c3ccc(C)cc3)C(=O)C2C1c1ccccc1. The summed E-state index contributed by atoms with van der Waals surface area (Å²) in [4.78, 5) is 27.3. The average molecular weight is 541 g/mol. The second kappa shape index (κ2) is 11.1. The van der Waals surface area contributed by atoms with Crippen LogP contribution in [0.1, 0.15) is 47.9 Å². The lowest BCUT2D eigenvalue weighted by molar-refractivity contribution is -0.139. The quantitative estimate of drug-likeness (QED) is 0.237. The van der Waals surface area contributed by atoms with Gasteiger partial charge in [-0.3, -0.25) is 4.79 Å². The molecule has 3 atom stereocenters. The fraction of sp³-hybridized carbons (Fsp3) is 0.189. The normalized spacial score (nSPS) is 22.6. The molecule has 0 N–H and O–H groups in total. The van der Waals surface area contributed by atoms with Gasteiger partial charge in [-0.05, 0) is 66.3 Å². The Hall–Kier alpha value is -4.70. The van der Waals surface area contributed by atoms with Crippen LogP contribution in [0.5, 0.6) is 0 Å². The van der Waals surface area contributed by atoms with Gasteiger partial charge in [0, 0.05) is 17.4 Å². The van der Waals surface area contributed by atoms with Crippen LogP contribution in [0.3, 0.4) is 0 Å². The molecule has 0 bridgehead atoms. The summed E-state index contributed by atoms with van der Waals surface area (Å²) in [7, 11) is 0.